The van der Waals surface area contributed by atoms with Gasteiger partial charge >= 0.3 is 5.97 Å². The van der Waals surface area contributed by atoms with E-state index in [4.69, 9.17) is 9.84 Å². The lowest BCUT2D eigenvalue weighted by atomic mass is 9.74. The van der Waals surface area contributed by atoms with Crippen LogP contribution in [-0.2, 0) is 16.0 Å². The van der Waals surface area contributed by atoms with Gasteiger partial charge in [-0.3, -0.25) is 9.59 Å². The Labute approximate surface area is 124 Å². The predicted molar refractivity (Wildman–Crippen MR) is 78.3 cm³/mol. The number of benzene rings is 1. The number of aryl methyl sites for hydroxylation is 1. The summed E-state index contributed by atoms with van der Waals surface area (Å²) in [6.45, 7) is 1.94. The van der Waals surface area contributed by atoms with Gasteiger partial charge in [-0.05, 0) is 37.3 Å². The van der Waals surface area contributed by atoms with Gasteiger partial charge in [-0.2, -0.15) is 0 Å². The number of hydrogen-bond donors (Lipinski definition) is 2. The molecule has 0 unspecified atom stereocenters. The zero-order valence-corrected chi connectivity index (χ0v) is 12.2. The molecule has 1 aromatic carbocycles. The Morgan fingerprint density at radius 2 is 2.05 bits per heavy atom. The molecular weight excluding hydrogens is 270 g/mol. The van der Waals surface area contributed by atoms with Crippen LogP contribution in [0.3, 0.4) is 0 Å². The quantitative estimate of drug-likeness (QED) is 0.807. The minimum atomic E-state index is -0.882. The van der Waals surface area contributed by atoms with Gasteiger partial charge in [0.05, 0.1) is 12.0 Å². The molecule has 0 aliphatic heterocycles. The second-order valence-electron chi connectivity index (χ2n) is 5.50. The van der Waals surface area contributed by atoms with Crippen LogP contribution in [0.5, 0.6) is 5.75 Å². The number of ether oxygens (including phenoxy) is 1. The van der Waals surface area contributed by atoms with Crippen molar-refractivity contribution in [3.8, 4) is 5.75 Å². The van der Waals surface area contributed by atoms with Gasteiger partial charge in [0.15, 0.2) is 6.61 Å². The van der Waals surface area contributed by atoms with E-state index in [9.17, 15) is 9.59 Å². The third kappa shape index (κ3) is 3.97. The summed E-state index contributed by atoms with van der Waals surface area (Å²) < 4.78 is 5.55. The SMILES string of the molecule is CCc1ccccc1OCC(=O)NC1(CC(=O)O)CCC1. The molecular formula is C16H21NO4. The summed E-state index contributed by atoms with van der Waals surface area (Å²) in [6.07, 6.45) is 3.20. The van der Waals surface area contributed by atoms with E-state index in [1.165, 1.54) is 0 Å². The minimum Gasteiger partial charge on any atom is -0.483 e. The molecule has 1 amide bonds. The second kappa shape index (κ2) is 6.61. The molecule has 2 N–H and O–H groups in total. The molecule has 1 saturated carbocycles. The van der Waals surface area contributed by atoms with Gasteiger partial charge in [-0.1, -0.05) is 25.1 Å². The Kier molecular flexibility index (Phi) is 4.83. The summed E-state index contributed by atoms with van der Waals surface area (Å²) in [5.41, 5.74) is 0.477. The number of hydrogen-bond acceptors (Lipinski definition) is 3. The molecule has 2 rings (SSSR count). The number of carboxylic acid groups (broad SMARTS) is 1. The highest BCUT2D eigenvalue weighted by atomic mass is 16.5. The molecule has 0 bridgehead atoms. The van der Waals surface area contributed by atoms with Gasteiger partial charge in [-0.15, -0.1) is 0 Å². The normalized spacial score (nSPS) is 15.9. The molecule has 5 heteroatoms. The monoisotopic (exact) mass is 291 g/mol. The molecule has 0 radical (unpaired) electrons. The fourth-order valence-corrected chi connectivity index (χ4v) is 2.65. The smallest absolute Gasteiger partial charge is 0.305 e. The Morgan fingerprint density at radius 3 is 2.62 bits per heavy atom. The van der Waals surface area contributed by atoms with Gasteiger partial charge in [0, 0.05) is 0 Å². The van der Waals surface area contributed by atoms with E-state index in [0.29, 0.717) is 5.75 Å². The lowest BCUT2D eigenvalue weighted by Crippen LogP contribution is -2.55. The molecule has 1 aromatic rings. The largest absolute Gasteiger partial charge is 0.483 e. The molecule has 0 heterocycles. The number of carboxylic acids is 1. The van der Waals surface area contributed by atoms with Crippen LogP contribution in [0.1, 0.15) is 38.2 Å². The van der Waals surface area contributed by atoms with Gasteiger partial charge in [0.2, 0.25) is 0 Å². The first-order chi connectivity index (χ1) is 10.0. The number of para-hydroxylation sites is 1. The number of carbonyl (C=O) groups excluding carboxylic acids is 1. The third-order valence-electron chi connectivity index (χ3n) is 3.92. The summed E-state index contributed by atoms with van der Waals surface area (Å²) in [6, 6.07) is 7.60. The van der Waals surface area contributed by atoms with E-state index in [-0.39, 0.29) is 18.9 Å². The maximum Gasteiger partial charge on any atom is 0.305 e. The van der Waals surface area contributed by atoms with Gasteiger partial charge in [-0.25, -0.2) is 0 Å². The Hall–Kier alpha value is -2.04. The van der Waals surface area contributed by atoms with Crippen LogP contribution in [0.15, 0.2) is 24.3 Å². The van der Waals surface area contributed by atoms with Crippen LogP contribution in [0.4, 0.5) is 0 Å². The molecule has 5 nitrogen and oxygen atoms in total. The predicted octanol–water partition coefficient (Wildman–Crippen LogP) is 2.14. The van der Waals surface area contributed by atoms with Crippen molar-refractivity contribution in [3.63, 3.8) is 0 Å². The number of aliphatic carboxylic acids is 1. The van der Waals surface area contributed by atoms with Crippen molar-refractivity contribution < 1.29 is 19.4 Å². The Bertz CT molecular complexity index is 523. The molecule has 114 valence electrons. The average Bonchev–Trinajstić information content (AvgIpc) is 2.42. The Balaban J connectivity index is 1.88. The van der Waals surface area contributed by atoms with Crippen LogP contribution in [0.25, 0.3) is 0 Å². The maximum atomic E-state index is 12.0. The minimum absolute atomic E-state index is 0.0235. The van der Waals surface area contributed by atoms with Gasteiger partial charge < -0.3 is 15.2 Å². The molecule has 0 aromatic heterocycles. The molecule has 1 fully saturated rings. The van der Waals surface area contributed by atoms with E-state index < -0.39 is 11.5 Å². The molecule has 1 aliphatic carbocycles. The van der Waals surface area contributed by atoms with Gasteiger partial charge in [0.1, 0.15) is 5.75 Å². The van der Waals surface area contributed by atoms with Crippen LogP contribution < -0.4 is 10.1 Å². The lowest BCUT2D eigenvalue weighted by molar-refractivity contribution is -0.140. The van der Waals surface area contributed by atoms with E-state index in [1.807, 2.05) is 31.2 Å². The lowest BCUT2D eigenvalue weighted by Gasteiger charge is -2.41. The number of carbonyl (C=O) groups is 2. The molecule has 0 atom stereocenters. The molecule has 0 spiro atoms. The summed E-state index contributed by atoms with van der Waals surface area (Å²) in [5, 5.41) is 11.7. The van der Waals surface area contributed by atoms with Gasteiger partial charge in [0.25, 0.3) is 5.91 Å². The first-order valence-corrected chi connectivity index (χ1v) is 7.28. The van der Waals surface area contributed by atoms with E-state index in [0.717, 1.165) is 31.2 Å². The van der Waals surface area contributed by atoms with Crippen LogP contribution in [0.2, 0.25) is 0 Å². The zero-order valence-electron chi connectivity index (χ0n) is 12.2. The average molecular weight is 291 g/mol. The molecule has 21 heavy (non-hydrogen) atoms. The summed E-state index contributed by atoms with van der Waals surface area (Å²) >= 11 is 0. The number of rotatable bonds is 7. The highest BCUT2D eigenvalue weighted by molar-refractivity contribution is 5.80. The van der Waals surface area contributed by atoms with E-state index >= 15 is 0 Å². The van der Waals surface area contributed by atoms with Crippen LogP contribution in [0, 0.1) is 0 Å². The zero-order chi connectivity index (χ0) is 15.3. The topological polar surface area (TPSA) is 75.6 Å². The molecule has 1 aliphatic rings. The Morgan fingerprint density at radius 1 is 1.33 bits per heavy atom. The highest BCUT2D eigenvalue weighted by Crippen LogP contribution is 2.34. The van der Waals surface area contributed by atoms with Crippen molar-refractivity contribution in [2.75, 3.05) is 6.61 Å². The van der Waals surface area contributed by atoms with Crippen LogP contribution in [-0.4, -0.2) is 29.1 Å². The number of amides is 1. The van der Waals surface area contributed by atoms with Crippen molar-refractivity contribution in [1.82, 2.24) is 5.32 Å². The van der Waals surface area contributed by atoms with E-state index in [1.54, 1.807) is 0 Å². The maximum absolute atomic E-state index is 12.0. The molecule has 0 saturated heterocycles. The summed E-state index contributed by atoms with van der Waals surface area (Å²) in [7, 11) is 0. The van der Waals surface area contributed by atoms with Crippen molar-refractivity contribution in [2.24, 2.45) is 0 Å². The third-order valence-corrected chi connectivity index (χ3v) is 3.92. The fraction of sp³-hybridized carbons (Fsp3) is 0.500. The van der Waals surface area contributed by atoms with E-state index in [2.05, 4.69) is 5.32 Å². The first kappa shape index (κ1) is 15.4. The highest BCUT2D eigenvalue weighted by Gasteiger charge is 2.40. The summed E-state index contributed by atoms with van der Waals surface area (Å²) in [5.74, 6) is -0.440. The second-order valence-corrected chi connectivity index (χ2v) is 5.50. The number of nitrogens with one attached hydrogen (secondary N) is 1. The van der Waals surface area contributed by atoms with Crippen LogP contribution >= 0.6 is 0 Å². The van der Waals surface area contributed by atoms with Crippen molar-refractivity contribution in [2.45, 2.75) is 44.6 Å². The van der Waals surface area contributed by atoms with Crippen molar-refractivity contribution >= 4 is 11.9 Å². The fourth-order valence-electron chi connectivity index (χ4n) is 2.65. The van der Waals surface area contributed by atoms with Crippen molar-refractivity contribution in [3.05, 3.63) is 29.8 Å². The van der Waals surface area contributed by atoms with Crippen molar-refractivity contribution in [1.29, 1.82) is 0 Å². The standard InChI is InChI=1S/C16H21NO4/c1-2-12-6-3-4-7-13(12)21-11-14(18)17-16(8-5-9-16)10-15(19)20/h3-4,6-7H,2,5,8-11H2,1H3,(H,17,18)(H,19,20). The first-order valence-electron chi connectivity index (χ1n) is 7.28. The summed E-state index contributed by atoms with van der Waals surface area (Å²) in [4.78, 5) is 22.8.